The average Bonchev–Trinajstić information content (AvgIpc) is 2.31. The van der Waals surface area contributed by atoms with E-state index in [0.29, 0.717) is 12.1 Å². The van der Waals surface area contributed by atoms with E-state index in [1.807, 2.05) is 26.0 Å². The van der Waals surface area contributed by atoms with Gasteiger partial charge in [0, 0.05) is 5.69 Å². The lowest BCUT2D eigenvalue weighted by Crippen LogP contribution is -2.19. The smallest absolute Gasteiger partial charge is 0.232 e. The van der Waals surface area contributed by atoms with Crippen LogP contribution < -0.4 is 10.0 Å². The summed E-state index contributed by atoms with van der Waals surface area (Å²) in [6, 6.07) is 7.35. The molecule has 0 aliphatic rings. The van der Waals surface area contributed by atoms with Crippen molar-refractivity contribution in [3.8, 4) is 0 Å². The fraction of sp³-hybridized carbons (Fsp3) is 0.538. The Morgan fingerprint density at radius 3 is 2.39 bits per heavy atom. The van der Waals surface area contributed by atoms with E-state index in [4.69, 9.17) is 0 Å². The van der Waals surface area contributed by atoms with Gasteiger partial charge in [0.25, 0.3) is 0 Å². The molecule has 1 aromatic rings. The Morgan fingerprint density at radius 1 is 1.11 bits per heavy atom. The van der Waals surface area contributed by atoms with E-state index < -0.39 is 10.0 Å². The number of benzene rings is 1. The molecule has 0 aliphatic heterocycles. The van der Waals surface area contributed by atoms with Gasteiger partial charge in [0.1, 0.15) is 0 Å². The lowest BCUT2D eigenvalue weighted by molar-refractivity contribution is 0.593. The third-order valence-corrected chi connectivity index (χ3v) is 3.96. The summed E-state index contributed by atoms with van der Waals surface area (Å²) in [7, 11) is -3.21. The maximum absolute atomic E-state index is 11.8. The maximum atomic E-state index is 11.8. The summed E-state index contributed by atoms with van der Waals surface area (Å²) in [6.07, 6.45) is 1.55. The van der Waals surface area contributed by atoms with Crippen molar-refractivity contribution in [1.82, 2.24) is 5.32 Å². The molecule has 1 rings (SSSR count). The van der Waals surface area contributed by atoms with Gasteiger partial charge in [-0.05, 0) is 45.0 Å². The van der Waals surface area contributed by atoms with Crippen molar-refractivity contribution >= 4 is 15.7 Å². The van der Waals surface area contributed by atoms with Crippen LogP contribution in [0.2, 0.25) is 0 Å². The molecule has 0 saturated heterocycles. The summed E-state index contributed by atoms with van der Waals surface area (Å²) in [6.45, 7) is 5.81. The van der Waals surface area contributed by atoms with Crippen molar-refractivity contribution in [3.05, 3.63) is 29.8 Å². The standard InChI is InChI=1S/C13H22N2O2S/c1-3-14-10-4-5-11-18(16,17)15-13-8-6-12(2)7-9-13/h6-9,14-15H,3-5,10-11H2,1-2H3. The van der Waals surface area contributed by atoms with Crippen LogP contribution in [0.25, 0.3) is 0 Å². The van der Waals surface area contributed by atoms with Gasteiger partial charge < -0.3 is 5.32 Å². The first-order chi connectivity index (χ1) is 8.53. The topological polar surface area (TPSA) is 58.2 Å². The highest BCUT2D eigenvalue weighted by atomic mass is 32.2. The fourth-order valence-corrected chi connectivity index (χ4v) is 2.75. The highest BCUT2D eigenvalue weighted by Gasteiger charge is 2.09. The Morgan fingerprint density at radius 2 is 1.78 bits per heavy atom. The first-order valence-corrected chi connectivity index (χ1v) is 7.96. The molecule has 0 amide bonds. The van der Waals surface area contributed by atoms with Crippen LogP contribution in [0.5, 0.6) is 0 Å². The van der Waals surface area contributed by atoms with E-state index in [2.05, 4.69) is 10.0 Å². The fourth-order valence-electron chi connectivity index (χ4n) is 1.57. The van der Waals surface area contributed by atoms with Crippen LogP contribution in [0.1, 0.15) is 25.3 Å². The van der Waals surface area contributed by atoms with E-state index >= 15 is 0 Å². The van der Waals surface area contributed by atoms with Crippen LogP contribution in [-0.4, -0.2) is 27.3 Å². The largest absolute Gasteiger partial charge is 0.317 e. The lowest BCUT2D eigenvalue weighted by Gasteiger charge is -2.08. The van der Waals surface area contributed by atoms with Gasteiger partial charge in [-0.1, -0.05) is 24.6 Å². The van der Waals surface area contributed by atoms with Gasteiger partial charge in [-0.3, -0.25) is 4.72 Å². The zero-order valence-corrected chi connectivity index (χ0v) is 11.9. The number of sulfonamides is 1. The molecule has 0 aliphatic carbocycles. The number of rotatable bonds is 8. The number of hydrogen-bond donors (Lipinski definition) is 2. The molecule has 1 aromatic carbocycles. The first kappa shape index (κ1) is 15.0. The highest BCUT2D eigenvalue weighted by Crippen LogP contribution is 2.11. The monoisotopic (exact) mass is 270 g/mol. The van der Waals surface area contributed by atoms with E-state index in [-0.39, 0.29) is 5.75 Å². The number of unbranched alkanes of at least 4 members (excludes halogenated alkanes) is 1. The van der Waals surface area contributed by atoms with Gasteiger partial charge in [0.2, 0.25) is 10.0 Å². The zero-order chi connectivity index (χ0) is 13.4. The molecule has 0 bridgehead atoms. The minimum Gasteiger partial charge on any atom is -0.317 e. The number of hydrogen-bond acceptors (Lipinski definition) is 3. The Kier molecular flexibility index (Phi) is 6.15. The second-order valence-corrected chi connectivity index (χ2v) is 6.19. The van der Waals surface area contributed by atoms with Crippen molar-refractivity contribution in [1.29, 1.82) is 0 Å². The summed E-state index contributed by atoms with van der Waals surface area (Å²) >= 11 is 0. The van der Waals surface area contributed by atoms with Crippen LogP contribution in [0.4, 0.5) is 5.69 Å². The minimum atomic E-state index is -3.21. The molecule has 18 heavy (non-hydrogen) atoms. The van der Waals surface area contributed by atoms with Gasteiger partial charge in [-0.25, -0.2) is 8.42 Å². The molecule has 0 spiro atoms. The maximum Gasteiger partial charge on any atom is 0.232 e. The van der Waals surface area contributed by atoms with Gasteiger partial charge in [0.15, 0.2) is 0 Å². The predicted molar refractivity (Wildman–Crippen MR) is 76.4 cm³/mol. The van der Waals surface area contributed by atoms with Crippen LogP contribution in [0, 0.1) is 6.92 Å². The zero-order valence-electron chi connectivity index (χ0n) is 11.1. The summed E-state index contributed by atoms with van der Waals surface area (Å²) < 4.78 is 26.2. The second kappa shape index (κ2) is 7.38. The number of anilines is 1. The molecule has 0 saturated carbocycles. The van der Waals surface area contributed by atoms with E-state index in [9.17, 15) is 8.42 Å². The Hall–Kier alpha value is -1.07. The molecule has 5 heteroatoms. The third kappa shape index (κ3) is 6.02. The predicted octanol–water partition coefficient (Wildman–Crippen LogP) is 2.13. The quantitative estimate of drug-likeness (QED) is 0.711. The summed E-state index contributed by atoms with van der Waals surface area (Å²) in [5, 5.41) is 3.18. The Labute approximate surface area is 110 Å². The Balaban J connectivity index is 2.37. The highest BCUT2D eigenvalue weighted by molar-refractivity contribution is 7.92. The number of aryl methyl sites for hydroxylation is 1. The van der Waals surface area contributed by atoms with Crippen molar-refractivity contribution in [2.45, 2.75) is 26.7 Å². The molecule has 0 aromatic heterocycles. The third-order valence-electron chi connectivity index (χ3n) is 2.59. The van der Waals surface area contributed by atoms with Crippen LogP contribution in [0.15, 0.2) is 24.3 Å². The lowest BCUT2D eigenvalue weighted by atomic mass is 10.2. The molecule has 0 radical (unpaired) electrons. The second-order valence-electron chi connectivity index (χ2n) is 4.35. The van der Waals surface area contributed by atoms with Crippen molar-refractivity contribution in [3.63, 3.8) is 0 Å². The normalized spacial score (nSPS) is 11.4. The molecule has 2 N–H and O–H groups in total. The number of nitrogens with one attached hydrogen (secondary N) is 2. The first-order valence-electron chi connectivity index (χ1n) is 6.31. The molecule has 4 nitrogen and oxygen atoms in total. The van der Waals surface area contributed by atoms with E-state index in [0.717, 1.165) is 25.1 Å². The van der Waals surface area contributed by atoms with Crippen LogP contribution in [-0.2, 0) is 10.0 Å². The van der Waals surface area contributed by atoms with Crippen molar-refractivity contribution in [2.75, 3.05) is 23.6 Å². The van der Waals surface area contributed by atoms with Crippen LogP contribution >= 0.6 is 0 Å². The Bertz CT molecular complexity index is 441. The molecule has 102 valence electrons. The van der Waals surface area contributed by atoms with Gasteiger partial charge in [-0.15, -0.1) is 0 Å². The van der Waals surface area contributed by atoms with Crippen molar-refractivity contribution in [2.24, 2.45) is 0 Å². The molecule has 0 unspecified atom stereocenters. The molecule has 0 fully saturated rings. The summed E-state index contributed by atoms with van der Waals surface area (Å²) in [5.41, 5.74) is 1.75. The van der Waals surface area contributed by atoms with Gasteiger partial charge >= 0.3 is 0 Å². The van der Waals surface area contributed by atoms with Gasteiger partial charge in [-0.2, -0.15) is 0 Å². The molecule has 0 atom stereocenters. The molecular formula is C13H22N2O2S. The van der Waals surface area contributed by atoms with E-state index in [1.54, 1.807) is 12.1 Å². The van der Waals surface area contributed by atoms with Crippen molar-refractivity contribution < 1.29 is 8.42 Å². The summed E-state index contributed by atoms with van der Waals surface area (Å²) in [5.74, 6) is 0.173. The average molecular weight is 270 g/mol. The van der Waals surface area contributed by atoms with Gasteiger partial charge in [0.05, 0.1) is 5.75 Å². The SMILES string of the molecule is CCNCCCCS(=O)(=O)Nc1ccc(C)cc1. The molecule has 0 heterocycles. The minimum absolute atomic E-state index is 0.173. The molecular weight excluding hydrogens is 248 g/mol. The van der Waals surface area contributed by atoms with E-state index in [1.165, 1.54) is 0 Å². The van der Waals surface area contributed by atoms with Crippen LogP contribution in [0.3, 0.4) is 0 Å². The summed E-state index contributed by atoms with van der Waals surface area (Å²) in [4.78, 5) is 0.